The lowest BCUT2D eigenvalue weighted by Gasteiger charge is -2.29. The number of likely N-dealkylation sites (tertiary alicyclic amines) is 1. The highest BCUT2D eigenvalue weighted by atomic mass is 79.9. The van der Waals surface area contributed by atoms with Gasteiger partial charge >= 0.3 is 0 Å². The van der Waals surface area contributed by atoms with E-state index in [1.54, 1.807) is 22.7 Å². The van der Waals surface area contributed by atoms with Crippen molar-refractivity contribution in [2.45, 2.75) is 17.7 Å². The van der Waals surface area contributed by atoms with Crippen LogP contribution in [0.1, 0.15) is 22.5 Å². The van der Waals surface area contributed by atoms with E-state index in [9.17, 15) is 4.79 Å². The Labute approximate surface area is 116 Å². The van der Waals surface area contributed by atoms with Crippen molar-refractivity contribution in [2.24, 2.45) is 0 Å². The van der Waals surface area contributed by atoms with Gasteiger partial charge in [-0.15, -0.1) is 22.7 Å². The first-order valence-electron chi connectivity index (χ1n) is 5.64. The molecule has 1 amide bonds. The van der Waals surface area contributed by atoms with E-state index < -0.39 is 0 Å². The average molecular weight is 330 g/mol. The quantitative estimate of drug-likeness (QED) is 0.725. The third kappa shape index (κ3) is 2.28. The molecule has 0 saturated carbocycles. The van der Waals surface area contributed by atoms with Gasteiger partial charge in [0.25, 0.3) is 5.91 Å². The first kappa shape index (κ1) is 11.7. The second-order valence-corrected chi connectivity index (χ2v) is 7.58. The molecule has 1 aliphatic rings. The molecule has 0 aromatic carbocycles. The third-order valence-electron chi connectivity index (χ3n) is 3.00. The molecule has 2 aromatic rings. The van der Waals surface area contributed by atoms with Gasteiger partial charge in [0, 0.05) is 27.3 Å². The zero-order valence-electron chi connectivity index (χ0n) is 9.19. The Morgan fingerprint density at radius 2 is 2.35 bits per heavy atom. The lowest BCUT2D eigenvalue weighted by molar-refractivity contribution is 0.0735. The van der Waals surface area contributed by atoms with Gasteiger partial charge in [0.1, 0.15) is 0 Å². The highest BCUT2D eigenvalue weighted by Gasteiger charge is 2.24. The Bertz CT molecular complexity index is 519. The molecule has 0 spiro atoms. The fourth-order valence-electron chi connectivity index (χ4n) is 2.14. The standard InChI is InChI=1S/C12H12BrNOS2/c13-8-2-1-4-14(7-8)12(15)11-6-10-9(17-11)3-5-16-10/h3,5-6,8H,1-2,4,7H2. The second kappa shape index (κ2) is 4.71. The van der Waals surface area contributed by atoms with Gasteiger partial charge in [0.2, 0.25) is 0 Å². The van der Waals surface area contributed by atoms with Crippen LogP contribution in [0, 0.1) is 0 Å². The van der Waals surface area contributed by atoms with Gasteiger partial charge in [-0.05, 0) is 30.4 Å². The minimum Gasteiger partial charge on any atom is -0.337 e. The van der Waals surface area contributed by atoms with E-state index in [2.05, 4.69) is 27.4 Å². The highest BCUT2D eigenvalue weighted by Crippen LogP contribution is 2.31. The van der Waals surface area contributed by atoms with Crippen LogP contribution < -0.4 is 0 Å². The summed E-state index contributed by atoms with van der Waals surface area (Å²) in [6.07, 6.45) is 2.27. The van der Waals surface area contributed by atoms with Crippen LogP contribution in [0.5, 0.6) is 0 Å². The number of amides is 1. The number of piperidine rings is 1. The van der Waals surface area contributed by atoms with Gasteiger partial charge in [-0.1, -0.05) is 15.9 Å². The first-order chi connectivity index (χ1) is 8.24. The third-order valence-corrected chi connectivity index (χ3v) is 5.83. The molecule has 3 rings (SSSR count). The van der Waals surface area contributed by atoms with Crippen molar-refractivity contribution in [3.05, 3.63) is 22.4 Å². The number of thiophene rings is 2. The van der Waals surface area contributed by atoms with Crippen LogP contribution in [0.4, 0.5) is 0 Å². The van der Waals surface area contributed by atoms with Crippen LogP contribution in [0.15, 0.2) is 17.5 Å². The molecule has 3 heterocycles. The number of hydrogen-bond donors (Lipinski definition) is 0. The molecule has 1 saturated heterocycles. The first-order valence-corrected chi connectivity index (χ1v) is 8.25. The second-order valence-electron chi connectivity index (χ2n) is 4.25. The predicted octanol–water partition coefficient (Wildman–Crippen LogP) is 3.96. The van der Waals surface area contributed by atoms with E-state index in [0.29, 0.717) is 4.83 Å². The molecule has 1 fully saturated rings. The molecule has 5 heteroatoms. The number of nitrogens with zero attached hydrogens (tertiary/aromatic N) is 1. The Hall–Kier alpha value is -0.390. The monoisotopic (exact) mass is 329 g/mol. The summed E-state index contributed by atoms with van der Waals surface area (Å²) in [4.78, 5) is 15.6. The van der Waals surface area contributed by atoms with Crippen molar-refractivity contribution in [1.82, 2.24) is 4.90 Å². The number of carbonyl (C=O) groups excluding carboxylic acids is 1. The molecule has 90 valence electrons. The average Bonchev–Trinajstić information content (AvgIpc) is 2.88. The molecule has 0 radical (unpaired) electrons. The maximum absolute atomic E-state index is 12.3. The number of carbonyl (C=O) groups is 1. The van der Waals surface area contributed by atoms with Crippen molar-refractivity contribution < 1.29 is 4.79 Å². The largest absolute Gasteiger partial charge is 0.337 e. The number of halogens is 1. The van der Waals surface area contributed by atoms with Crippen molar-refractivity contribution >= 4 is 53.9 Å². The van der Waals surface area contributed by atoms with Gasteiger partial charge in [0.15, 0.2) is 0 Å². The summed E-state index contributed by atoms with van der Waals surface area (Å²) in [5.41, 5.74) is 0. The maximum Gasteiger partial charge on any atom is 0.264 e. The van der Waals surface area contributed by atoms with Crippen LogP contribution >= 0.6 is 38.6 Å². The molecule has 1 atom stereocenters. The van der Waals surface area contributed by atoms with E-state index in [4.69, 9.17) is 0 Å². The SMILES string of the molecule is O=C(c1cc2sccc2s1)N1CCCC(Br)C1. The Morgan fingerprint density at radius 1 is 1.47 bits per heavy atom. The molecule has 0 bridgehead atoms. The Balaban J connectivity index is 1.83. The molecular formula is C12H12BrNOS2. The molecule has 0 N–H and O–H groups in total. The van der Waals surface area contributed by atoms with Crippen molar-refractivity contribution in [1.29, 1.82) is 0 Å². The summed E-state index contributed by atoms with van der Waals surface area (Å²) in [7, 11) is 0. The van der Waals surface area contributed by atoms with Crippen LogP contribution in [0.2, 0.25) is 0 Å². The lowest BCUT2D eigenvalue weighted by atomic mass is 10.1. The summed E-state index contributed by atoms with van der Waals surface area (Å²) < 4.78 is 2.46. The number of alkyl halides is 1. The summed E-state index contributed by atoms with van der Waals surface area (Å²) in [6.45, 7) is 1.73. The van der Waals surface area contributed by atoms with Crippen LogP contribution in [-0.2, 0) is 0 Å². The van der Waals surface area contributed by atoms with E-state index in [1.165, 1.54) is 15.8 Å². The van der Waals surface area contributed by atoms with Crippen LogP contribution in [0.25, 0.3) is 9.40 Å². The maximum atomic E-state index is 12.3. The van der Waals surface area contributed by atoms with Gasteiger partial charge in [-0.2, -0.15) is 0 Å². The topological polar surface area (TPSA) is 20.3 Å². The summed E-state index contributed by atoms with van der Waals surface area (Å²) in [6, 6.07) is 4.12. The highest BCUT2D eigenvalue weighted by molar-refractivity contribution is 9.09. The van der Waals surface area contributed by atoms with Gasteiger partial charge in [-0.25, -0.2) is 0 Å². The minimum atomic E-state index is 0.197. The lowest BCUT2D eigenvalue weighted by Crippen LogP contribution is -2.39. The fraction of sp³-hybridized carbons (Fsp3) is 0.417. The summed E-state index contributed by atoms with van der Waals surface area (Å²) in [5.74, 6) is 0.197. The molecule has 17 heavy (non-hydrogen) atoms. The molecule has 1 unspecified atom stereocenters. The molecule has 1 aliphatic heterocycles. The predicted molar refractivity (Wildman–Crippen MR) is 77.6 cm³/mol. The molecular weight excluding hydrogens is 318 g/mol. The Kier molecular flexibility index (Phi) is 3.23. The minimum absolute atomic E-state index is 0.197. The molecule has 0 aliphatic carbocycles. The van der Waals surface area contributed by atoms with E-state index in [0.717, 1.165) is 24.4 Å². The zero-order valence-corrected chi connectivity index (χ0v) is 12.4. The Morgan fingerprint density at radius 3 is 3.12 bits per heavy atom. The summed E-state index contributed by atoms with van der Waals surface area (Å²) >= 11 is 6.92. The molecule has 2 nitrogen and oxygen atoms in total. The number of hydrogen-bond acceptors (Lipinski definition) is 3. The summed E-state index contributed by atoms with van der Waals surface area (Å²) in [5, 5.41) is 2.07. The van der Waals surface area contributed by atoms with E-state index >= 15 is 0 Å². The number of fused-ring (bicyclic) bond motifs is 1. The van der Waals surface area contributed by atoms with Crippen molar-refractivity contribution in [2.75, 3.05) is 13.1 Å². The van der Waals surface area contributed by atoms with Crippen molar-refractivity contribution in [3.8, 4) is 0 Å². The normalized spacial score (nSPS) is 21.0. The molecule has 2 aromatic heterocycles. The van der Waals surface area contributed by atoms with Gasteiger partial charge in [0.05, 0.1) is 4.88 Å². The van der Waals surface area contributed by atoms with Crippen LogP contribution in [-0.4, -0.2) is 28.7 Å². The van der Waals surface area contributed by atoms with E-state index in [-0.39, 0.29) is 5.91 Å². The zero-order chi connectivity index (χ0) is 11.8. The fourth-order valence-corrected chi connectivity index (χ4v) is 4.89. The van der Waals surface area contributed by atoms with Gasteiger partial charge in [-0.3, -0.25) is 4.79 Å². The smallest absolute Gasteiger partial charge is 0.264 e. The van der Waals surface area contributed by atoms with Crippen molar-refractivity contribution in [3.63, 3.8) is 0 Å². The van der Waals surface area contributed by atoms with E-state index in [1.807, 2.05) is 11.0 Å². The van der Waals surface area contributed by atoms with Gasteiger partial charge < -0.3 is 4.90 Å². The number of rotatable bonds is 1. The van der Waals surface area contributed by atoms with Crippen LogP contribution in [0.3, 0.4) is 0 Å².